The first-order valence-electron chi connectivity index (χ1n) is 10.7. The molecule has 1 fully saturated rings. The van der Waals surface area contributed by atoms with E-state index >= 15 is 0 Å². The molecule has 0 saturated carbocycles. The highest BCUT2D eigenvalue weighted by atomic mass is 16.2. The van der Waals surface area contributed by atoms with Gasteiger partial charge in [-0.1, -0.05) is 48.0 Å². The second-order valence-electron chi connectivity index (χ2n) is 8.23. The Morgan fingerprint density at radius 1 is 0.933 bits per heavy atom. The van der Waals surface area contributed by atoms with Crippen LogP contribution in [0.5, 0.6) is 0 Å². The predicted octanol–water partition coefficient (Wildman–Crippen LogP) is 4.79. The first kappa shape index (κ1) is 18.7. The standard InChI is InChI=1S/C25H26N4O/c1-17-15-21-24(28-13-6-3-7-14-28)23(18-9-4-2-5-10-18)27-29(21)25(30)22(17)19-11-8-12-20(26)16-19/h2,4-5,8-12,16H,3,6-7,13-15,26H2,1H3. The van der Waals surface area contributed by atoms with Crippen LogP contribution < -0.4 is 10.6 Å². The van der Waals surface area contributed by atoms with Crippen LogP contribution in [0.15, 0.2) is 60.2 Å². The quantitative estimate of drug-likeness (QED) is 0.644. The van der Waals surface area contributed by atoms with Crippen molar-refractivity contribution in [2.24, 2.45) is 0 Å². The van der Waals surface area contributed by atoms with E-state index in [1.54, 1.807) is 4.68 Å². The zero-order chi connectivity index (χ0) is 20.7. The minimum absolute atomic E-state index is 0.0696. The Bertz CT molecular complexity index is 1140. The van der Waals surface area contributed by atoms with Crippen LogP contribution in [-0.2, 0) is 6.42 Å². The number of hydrogen-bond donors (Lipinski definition) is 1. The van der Waals surface area contributed by atoms with Crippen molar-refractivity contribution in [1.82, 2.24) is 9.78 Å². The summed E-state index contributed by atoms with van der Waals surface area (Å²) in [6.45, 7) is 4.07. The molecule has 1 saturated heterocycles. The van der Waals surface area contributed by atoms with E-state index in [-0.39, 0.29) is 5.91 Å². The van der Waals surface area contributed by atoms with Gasteiger partial charge >= 0.3 is 0 Å². The summed E-state index contributed by atoms with van der Waals surface area (Å²) >= 11 is 0. The van der Waals surface area contributed by atoms with Crippen molar-refractivity contribution in [3.63, 3.8) is 0 Å². The molecule has 30 heavy (non-hydrogen) atoms. The average Bonchev–Trinajstić information content (AvgIpc) is 3.15. The van der Waals surface area contributed by atoms with Crippen LogP contribution in [0.25, 0.3) is 16.8 Å². The fraction of sp³-hybridized carbons (Fsp3) is 0.280. The van der Waals surface area contributed by atoms with Gasteiger partial charge in [0.05, 0.1) is 11.4 Å². The number of fused-ring (bicyclic) bond motifs is 1. The van der Waals surface area contributed by atoms with Crippen LogP contribution >= 0.6 is 0 Å². The molecule has 0 unspecified atom stereocenters. The second-order valence-corrected chi connectivity index (χ2v) is 8.23. The molecule has 152 valence electrons. The third-order valence-electron chi connectivity index (χ3n) is 6.11. The summed E-state index contributed by atoms with van der Waals surface area (Å²) in [6.07, 6.45) is 4.33. The molecule has 0 radical (unpaired) electrons. The summed E-state index contributed by atoms with van der Waals surface area (Å²) < 4.78 is 1.64. The lowest BCUT2D eigenvalue weighted by molar-refractivity contribution is 0.0958. The van der Waals surface area contributed by atoms with Crippen molar-refractivity contribution in [3.05, 3.63) is 71.4 Å². The van der Waals surface area contributed by atoms with Gasteiger partial charge < -0.3 is 10.6 Å². The minimum Gasteiger partial charge on any atom is -0.399 e. The third-order valence-corrected chi connectivity index (χ3v) is 6.11. The number of nitrogens with two attached hydrogens (primary N) is 1. The lowest BCUT2D eigenvalue weighted by Crippen LogP contribution is -2.31. The molecule has 0 spiro atoms. The largest absolute Gasteiger partial charge is 0.399 e. The highest BCUT2D eigenvalue weighted by Crippen LogP contribution is 2.40. The minimum atomic E-state index is -0.0696. The van der Waals surface area contributed by atoms with Crippen molar-refractivity contribution in [2.75, 3.05) is 23.7 Å². The van der Waals surface area contributed by atoms with Crippen LogP contribution in [0, 0.1) is 0 Å². The smallest absolute Gasteiger partial charge is 0.279 e. The number of carbonyl (C=O) groups is 1. The maximum atomic E-state index is 13.6. The molecule has 0 amide bonds. The molecule has 2 aliphatic rings. The van der Waals surface area contributed by atoms with E-state index < -0.39 is 0 Å². The van der Waals surface area contributed by atoms with Gasteiger partial charge in [0.25, 0.3) is 5.91 Å². The van der Waals surface area contributed by atoms with Gasteiger partial charge in [-0.3, -0.25) is 4.79 Å². The highest BCUT2D eigenvalue weighted by molar-refractivity contribution is 6.22. The van der Waals surface area contributed by atoms with E-state index in [9.17, 15) is 4.79 Å². The van der Waals surface area contributed by atoms with Gasteiger partial charge in [-0.05, 0) is 43.9 Å². The van der Waals surface area contributed by atoms with Crippen molar-refractivity contribution < 1.29 is 4.79 Å². The normalized spacial score (nSPS) is 16.7. The Morgan fingerprint density at radius 2 is 1.67 bits per heavy atom. The zero-order valence-electron chi connectivity index (χ0n) is 17.3. The van der Waals surface area contributed by atoms with E-state index in [4.69, 9.17) is 10.8 Å². The molecular formula is C25H26N4O. The number of rotatable bonds is 3. The van der Waals surface area contributed by atoms with Gasteiger partial charge in [-0.2, -0.15) is 9.78 Å². The number of benzene rings is 2. The fourth-order valence-corrected chi connectivity index (χ4v) is 4.70. The van der Waals surface area contributed by atoms with Crippen LogP contribution in [-0.4, -0.2) is 28.8 Å². The Balaban J connectivity index is 1.66. The maximum Gasteiger partial charge on any atom is 0.279 e. The van der Waals surface area contributed by atoms with E-state index in [1.807, 2.05) is 42.5 Å². The number of carbonyl (C=O) groups excluding carboxylic acids is 1. The summed E-state index contributed by atoms with van der Waals surface area (Å²) in [7, 11) is 0. The number of nitrogen functional groups attached to an aromatic ring is 1. The van der Waals surface area contributed by atoms with Crippen LogP contribution in [0.2, 0.25) is 0 Å². The summed E-state index contributed by atoms with van der Waals surface area (Å²) in [5.74, 6) is -0.0696. The second kappa shape index (κ2) is 7.48. The topological polar surface area (TPSA) is 64.2 Å². The zero-order valence-corrected chi connectivity index (χ0v) is 17.3. The van der Waals surface area contributed by atoms with Crippen molar-refractivity contribution in [1.29, 1.82) is 0 Å². The first-order valence-corrected chi connectivity index (χ1v) is 10.7. The molecule has 5 heteroatoms. The summed E-state index contributed by atoms with van der Waals surface area (Å²) in [5.41, 5.74) is 13.4. The Morgan fingerprint density at radius 3 is 2.40 bits per heavy atom. The number of aromatic nitrogens is 2. The lowest BCUT2D eigenvalue weighted by atomic mass is 9.93. The highest BCUT2D eigenvalue weighted by Gasteiger charge is 2.33. The van der Waals surface area contributed by atoms with Gasteiger partial charge in [-0.15, -0.1) is 0 Å². The van der Waals surface area contributed by atoms with Crippen LogP contribution in [0.4, 0.5) is 11.4 Å². The van der Waals surface area contributed by atoms with E-state index in [0.29, 0.717) is 17.7 Å². The van der Waals surface area contributed by atoms with Crippen molar-refractivity contribution in [3.8, 4) is 11.3 Å². The van der Waals surface area contributed by atoms with Crippen molar-refractivity contribution >= 4 is 22.9 Å². The van der Waals surface area contributed by atoms with Gasteiger partial charge in [0, 0.05) is 36.3 Å². The van der Waals surface area contributed by atoms with Crippen molar-refractivity contribution in [2.45, 2.75) is 32.6 Å². The van der Waals surface area contributed by atoms with Gasteiger partial charge in [0.1, 0.15) is 5.69 Å². The van der Waals surface area contributed by atoms with Gasteiger partial charge in [-0.25, -0.2) is 0 Å². The summed E-state index contributed by atoms with van der Waals surface area (Å²) in [6, 6.07) is 17.8. The number of hydrogen-bond acceptors (Lipinski definition) is 4. The number of allylic oxidation sites excluding steroid dienone is 2. The first-order chi connectivity index (χ1) is 14.6. The fourth-order valence-electron chi connectivity index (χ4n) is 4.70. The summed E-state index contributed by atoms with van der Waals surface area (Å²) in [4.78, 5) is 16.0. The lowest BCUT2D eigenvalue weighted by Gasteiger charge is -2.30. The monoisotopic (exact) mass is 398 g/mol. The molecule has 0 aliphatic carbocycles. The molecular weight excluding hydrogens is 372 g/mol. The van der Waals surface area contributed by atoms with Gasteiger partial charge in [0.15, 0.2) is 0 Å². The average molecular weight is 399 g/mol. The van der Waals surface area contributed by atoms with Crippen LogP contribution in [0.1, 0.15) is 42.2 Å². The van der Waals surface area contributed by atoms with E-state index in [2.05, 4.69) is 24.0 Å². The number of nitrogens with zero attached hydrogens (tertiary/aromatic N) is 3. The Kier molecular flexibility index (Phi) is 4.66. The molecule has 5 nitrogen and oxygen atoms in total. The molecule has 3 aromatic rings. The van der Waals surface area contributed by atoms with E-state index in [0.717, 1.165) is 46.9 Å². The third kappa shape index (κ3) is 3.11. The molecule has 0 bridgehead atoms. The molecule has 1 aromatic heterocycles. The SMILES string of the molecule is CC1=C(c2cccc(N)c2)C(=O)n2nc(-c3ccccc3)c(N3CCCCC3)c2C1. The number of anilines is 2. The van der Waals surface area contributed by atoms with Crippen LogP contribution in [0.3, 0.4) is 0 Å². The molecule has 2 aliphatic heterocycles. The molecule has 0 atom stereocenters. The Hall–Kier alpha value is -3.34. The number of piperidine rings is 1. The molecule has 3 heterocycles. The van der Waals surface area contributed by atoms with E-state index in [1.165, 1.54) is 19.3 Å². The molecule has 5 rings (SSSR count). The Labute approximate surface area is 176 Å². The van der Waals surface area contributed by atoms with Gasteiger partial charge in [0.2, 0.25) is 0 Å². The molecule has 2 N–H and O–H groups in total. The summed E-state index contributed by atoms with van der Waals surface area (Å²) in [5, 5.41) is 4.87. The molecule has 2 aromatic carbocycles. The maximum absolute atomic E-state index is 13.6. The predicted molar refractivity (Wildman–Crippen MR) is 122 cm³/mol.